The van der Waals surface area contributed by atoms with E-state index in [1.54, 1.807) is 0 Å². The Labute approximate surface area is 134 Å². The van der Waals surface area contributed by atoms with Crippen LogP contribution in [0.15, 0.2) is 24.5 Å². The van der Waals surface area contributed by atoms with Crippen molar-refractivity contribution in [2.45, 2.75) is 57.2 Å². The van der Waals surface area contributed by atoms with Crippen molar-refractivity contribution in [3.8, 4) is 0 Å². The molecule has 0 amide bonds. The van der Waals surface area contributed by atoms with E-state index in [0.717, 1.165) is 37.9 Å². The number of pyridine rings is 1. The first kappa shape index (κ1) is 14.6. The zero-order valence-electron chi connectivity index (χ0n) is 13.9. The highest BCUT2D eigenvalue weighted by molar-refractivity contribution is 5.11. The van der Waals surface area contributed by atoms with E-state index in [-0.39, 0.29) is 11.2 Å². The molecule has 1 spiro atoms. The molecule has 4 rings (SSSR count). The van der Waals surface area contributed by atoms with Crippen LogP contribution < -0.4 is 0 Å². The number of rotatable bonds is 3. The molecule has 22 heavy (non-hydrogen) atoms. The molecule has 0 aromatic carbocycles. The summed E-state index contributed by atoms with van der Waals surface area (Å²) in [7, 11) is 0. The summed E-state index contributed by atoms with van der Waals surface area (Å²) in [6, 6.07) is 4.28. The van der Waals surface area contributed by atoms with Gasteiger partial charge in [-0.2, -0.15) is 0 Å². The van der Waals surface area contributed by atoms with E-state index < -0.39 is 0 Å². The summed E-state index contributed by atoms with van der Waals surface area (Å²) in [6.07, 6.45) is 10.4. The average Bonchev–Trinajstić information content (AvgIpc) is 3.05. The maximum absolute atomic E-state index is 6.69. The van der Waals surface area contributed by atoms with Crippen molar-refractivity contribution in [1.29, 1.82) is 0 Å². The molecule has 1 aromatic rings. The van der Waals surface area contributed by atoms with Gasteiger partial charge < -0.3 is 4.74 Å². The van der Waals surface area contributed by atoms with E-state index in [9.17, 15) is 0 Å². The molecular formula is C19H28N2O. The molecule has 1 aromatic heterocycles. The van der Waals surface area contributed by atoms with Crippen LogP contribution in [0.1, 0.15) is 45.1 Å². The molecule has 2 heterocycles. The second-order valence-corrected chi connectivity index (χ2v) is 8.32. The maximum atomic E-state index is 6.69. The number of aromatic nitrogens is 1. The van der Waals surface area contributed by atoms with Gasteiger partial charge >= 0.3 is 0 Å². The van der Waals surface area contributed by atoms with Crippen LogP contribution in [0, 0.1) is 11.8 Å². The van der Waals surface area contributed by atoms with Gasteiger partial charge in [0.25, 0.3) is 0 Å². The first-order valence-electron chi connectivity index (χ1n) is 8.86. The van der Waals surface area contributed by atoms with E-state index in [0.29, 0.717) is 0 Å². The van der Waals surface area contributed by atoms with Crippen molar-refractivity contribution in [3.63, 3.8) is 0 Å². The molecule has 3 fully saturated rings. The van der Waals surface area contributed by atoms with Gasteiger partial charge in [-0.25, -0.2) is 0 Å². The molecule has 2 aliphatic carbocycles. The van der Waals surface area contributed by atoms with Gasteiger partial charge in [-0.15, -0.1) is 0 Å². The number of hydrogen-bond acceptors (Lipinski definition) is 3. The fraction of sp³-hybridized carbons (Fsp3) is 0.737. The molecule has 3 nitrogen and oxygen atoms in total. The lowest BCUT2D eigenvalue weighted by molar-refractivity contribution is -0.216. The van der Waals surface area contributed by atoms with Crippen molar-refractivity contribution in [2.24, 2.45) is 11.8 Å². The minimum Gasteiger partial charge on any atom is -0.366 e. The van der Waals surface area contributed by atoms with E-state index >= 15 is 0 Å². The van der Waals surface area contributed by atoms with E-state index in [2.05, 4.69) is 35.9 Å². The van der Waals surface area contributed by atoms with Gasteiger partial charge in [0.05, 0.1) is 11.2 Å². The molecule has 120 valence electrons. The lowest BCUT2D eigenvalue weighted by atomic mass is 9.81. The van der Waals surface area contributed by atoms with Crippen molar-refractivity contribution in [2.75, 3.05) is 19.6 Å². The Morgan fingerprint density at radius 1 is 1.23 bits per heavy atom. The maximum Gasteiger partial charge on any atom is 0.0847 e. The molecule has 1 aliphatic heterocycles. The highest BCUT2D eigenvalue weighted by Crippen LogP contribution is 2.55. The highest BCUT2D eigenvalue weighted by Gasteiger charge is 2.56. The van der Waals surface area contributed by atoms with Crippen LogP contribution in [-0.2, 0) is 11.2 Å². The Hall–Kier alpha value is -0.930. The van der Waals surface area contributed by atoms with Crippen LogP contribution in [-0.4, -0.2) is 40.7 Å². The Morgan fingerprint density at radius 3 is 2.73 bits per heavy atom. The summed E-state index contributed by atoms with van der Waals surface area (Å²) >= 11 is 0. The minimum absolute atomic E-state index is 0.0129. The largest absolute Gasteiger partial charge is 0.366 e. The summed E-state index contributed by atoms with van der Waals surface area (Å²) in [5.74, 6) is 1.74. The molecule has 1 saturated heterocycles. The summed E-state index contributed by atoms with van der Waals surface area (Å²) in [4.78, 5) is 6.77. The van der Waals surface area contributed by atoms with E-state index in [1.165, 1.54) is 31.2 Å². The van der Waals surface area contributed by atoms with Crippen LogP contribution in [0.25, 0.3) is 0 Å². The van der Waals surface area contributed by atoms with Crippen molar-refractivity contribution in [3.05, 3.63) is 30.1 Å². The van der Waals surface area contributed by atoms with Gasteiger partial charge in [0.1, 0.15) is 0 Å². The van der Waals surface area contributed by atoms with Crippen LogP contribution in [0.3, 0.4) is 0 Å². The zero-order valence-corrected chi connectivity index (χ0v) is 13.9. The molecule has 3 atom stereocenters. The number of morpholine rings is 1. The van der Waals surface area contributed by atoms with Gasteiger partial charge in [-0.05, 0) is 75.5 Å². The first-order valence-corrected chi connectivity index (χ1v) is 8.86. The average molecular weight is 300 g/mol. The van der Waals surface area contributed by atoms with E-state index in [4.69, 9.17) is 4.74 Å². The molecule has 3 heteroatoms. The van der Waals surface area contributed by atoms with Crippen molar-refractivity contribution < 1.29 is 4.74 Å². The third-order valence-electron chi connectivity index (χ3n) is 5.96. The summed E-state index contributed by atoms with van der Waals surface area (Å²) in [6.45, 7) is 7.88. The molecule has 3 aliphatic rings. The second-order valence-electron chi connectivity index (χ2n) is 8.32. The molecule has 0 unspecified atom stereocenters. The normalized spacial score (nSPS) is 37.0. The Morgan fingerprint density at radius 2 is 2.05 bits per heavy atom. The van der Waals surface area contributed by atoms with Gasteiger partial charge in [0, 0.05) is 32.0 Å². The van der Waals surface area contributed by atoms with E-state index in [1.807, 2.05) is 12.4 Å². The third-order valence-corrected chi connectivity index (χ3v) is 5.96. The van der Waals surface area contributed by atoms with Gasteiger partial charge in [0.2, 0.25) is 0 Å². The van der Waals surface area contributed by atoms with Crippen LogP contribution >= 0.6 is 0 Å². The quantitative estimate of drug-likeness (QED) is 0.856. The van der Waals surface area contributed by atoms with Gasteiger partial charge in [-0.1, -0.05) is 0 Å². The summed E-state index contributed by atoms with van der Waals surface area (Å²) in [5.41, 5.74) is 1.53. The third kappa shape index (κ3) is 2.69. The summed E-state index contributed by atoms with van der Waals surface area (Å²) < 4.78 is 6.69. The number of ether oxygens (including phenoxy) is 1. The zero-order chi connectivity index (χ0) is 15.2. The van der Waals surface area contributed by atoms with Crippen LogP contribution in [0.2, 0.25) is 0 Å². The van der Waals surface area contributed by atoms with Gasteiger partial charge in [-0.3, -0.25) is 9.88 Å². The minimum atomic E-state index is -0.0129. The van der Waals surface area contributed by atoms with Crippen molar-refractivity contribution >= 4 is 0 Å². The SMILES string of the molecule is CC1(C)CN(CCc2ccncc2)C[C@]2(C[C@@H]3CC[C@H]2C3)O1. The molecule has 0 N–H and O–H groups in total. The lowest BCUT2D eigenvalue weighted by Gasteiger charge is -2.52. The topological polar surface area (TPSA) is 25.4 Å². The smallest absolute Gasteiger partial charge is 0.0847 e. The molecule has 0 radical (unpaired) electrons. The second kappa shape index (κ2) is 5.31. The number of nitrogens with zero attached hydrogens (tertiary/aromatic N) is 2. The van der Waals surface area contributed by atoms with Crippen LogP contribution in [0.5, 0.6) is 0 Å². The number of fused-ring (bicyclic) bond motifs is 3. The Kier molecular flexibility index (Phi) is 3.54. The predicted molar refractivity (Wildman–Crippen MR) is 87.7 cm³/mol. The van der Waals surface area contributed by atoms with Crippen LogP contribution in [0.4, 0.5) is 0 Å². The fourth-order valence-electron chi connectivity index (χ4n) is 5.29. The molecule has 2 bridgehead atoms. The van der Waals surface area contributed by atoms with Crippen molar-refractivity contribution in [1.82, 2.24) is 9.88 Å². The Bertz CT molecular complexity index is 529. The molecule has 2 saturated carbocycles. The first-order chi connectivity index (χ1) is 10.5. The lowest BCUT2D eigenvalue weighted by Crippen LogP contribution is -2.61. The standard InChI is InChI=1S/C19H28N2O/c1-18(2)13-21(10-7-15-5-8-20-9-6-15)14-19(22-18)12-16-3-4-17(19)11-16/h5-6,8-9,16-17H,3-4,7,10-14H2,1-2H3/t16-,17+,19+/m1/s1. The van der Waals surface area contributed by atoms with Gasteiger partial charge in [0.15, 0.2) is 0 Å². The Balaban J connectivity index is 1.46. The monoisotopic (exact) mass is 300 g/mol. The number of hydrogen-bond donors (Lipinski definition) is 0. The predicted octanol–water partition coefficient (Wildman–Crippen LogP) is 3.29. The fourth-order valence-corrected chi connectivity index (χ4v) is 5.29. The summed E-state index contributed by atoms with van der Waals surface area (Å²) in [5, 5.41) is 0. The highest BCUT2D eigenvalue weighted by atomic mass is 16.5. The molecular weight excluding hydrogens is 272 g/mol.